The number of ether oxygens (including phenoxy) is 1. The first-order chi connectivity index (χ1) is 9.83. The van der Waals surface area contributed by atoms with Crippen molar-refractivity contribution in [2.45, 2.75) is 31.2 Å². The minimum Gasteiger partial charge on any atom is -0.381 e. The average molecular weight is 273 g/mol. The molecule has 20 heavy (non-hydrogen) atoms. The highest BCUT2D eigenvalue weighted by Gasteiger charge is 2.23. The monoisotopic (exact) mass is 273 g/mol. The average Bonchev–Trinajstić information content (AvgIpc) is 2.99. The smallest absolute Gasteiger partial charge is 0.243 e. The highest BCUT2D eigenvalue weighted by Crippen LogP contribution is 2.25. The van der Waals surface area contributed by atoms with Crippen LogP contribution in [-0.2, 0) is 11.2 Å². The maximum atomic E-state index is 6.15. The number of rotatable bonds is 4. The van der Waals surface area contributed by atoms with E-state index in [0.29, 0.717) is 18.2 Å². The molecule has 0 unspecified atom stereocenters. The summed E-state index contributed by atoms with van der Waals surface area (Å²) in [4.78, 5) is 4.47. The van der Waals surface area contributed by atoms with Crippen LogP contribution in [0.1, 0.15) is 42.1 Å². The van der Waals surface area contributed by atoms with Crippen LogP contribution >= 0.6 is 0 Å². The highest BCUT2D eigenvalue weighted by molar-refractivity contribution is 5.16. The van der Waals surface area contributed by atoms with Gasteiger partial charge in [0.2, 0.25) is 5.89 Å². The second kappa shape index (κ2) is 6.15. The molecule has 0 bridgehead atoms. The zero-order chi connectivity index (χ0) is 13.8. The van der Waals surface area contributed by atoms with Crippen LogP contribution in [0.15, 0.2) is 34.9 Å². The number of nitrogens with zero attached hydrogens (tertiary/aromatic N) is 2. The number of nitrogens with two attached hydrogens (primary N) is 1. The van der Waals surface area contributed by atoms with Crippen LogP contribution in [0.5, 0.6) is 0 Å². The van der Waals surface area contributed by atoms with E-state index in [1.807, 2.05) is 18.2 Å². The topological polar surface area (TPSA) is 74.2 Å². The predicted molar refractivity (Wildman–Crippen MR) is 74.2 cm³/mol. The molecule has 1 atom stereocenters. The standard InChI is InChI=1S/C15H19N3O2/c16-13(10-11-4-2-1-3-5-11)15-17-14(18-20-15)12-6-8-19-9-7-12/h1-5,12-13H,6-10,16H2/t13-/m0/s1. The molecule has 2 heterocycles. The molecule has 0 amide bonds. The van der Waals surface area contributed by atoms with Crippen molar-refractivity contribution in [1.29, 1.82) is 0 Å². The molecule has 3 rings (SSSR count). The molecule has 106 valence electrons. The van der Waals surface area contributed by atoms with Gasteiger partial charge in [-0.25, -0.2) is 0 Å². The van der Waals surface area contributed by atoms with Crippen molar-refractivity contribution in [3.8, 4) is 0 Å². The summed E-state index contributed by atoms with van der Waals surface area (Å²) in [5.41, 5.74) is 7.32. The minimum absolute atomic E-state index is 0.251. The van der Waals surface area contributed by atoms with Gasteiger partial charge in [-0.05, 0) is 24.8 Å². The summed E-state index contributed by atoms with van der Waals surface area (Å²) >= 11 is 0. The van der Waals surface area contributed by atoms with Gasteiger partial charge in [-0.15, -0.1) is 0 Å². The zero-order valence-corrected chi connectivity index (χ0v) is 11.4. The summed E-state index contributed by atoms with van der Waals surface area (Å²) in [6, 6.07) is 9.85. The molecule has 0 saturated carbocycles. The van der Waals surface area contributed by atoms with Crippen LogP contribution in [-0.4, -0.2) is 23.4 Å². The van der Waals surface area contributed by atoms with Gasteiger partial charge in [-0.1, -0.05) is 35.5 Å². The third kappa shape index (κ3) is 3.05. The van der Waals surface area contributed by atoms with Gasteiger partial charge in [0, 0.05) is 19.1 Å². The van der Waals surface area contributed by atoms with Gasteiger partial charge in [0.25, 0.3) is 0 Å². The largest absolute Gasteiger partial charge is 0.381 e. The third-order valence-corrected chi connectivity index (χ3v) is 3.66. The lowest BCUT2D eigenvalue weighted by Gasteiger charge is -2.18. The van der Waals surface area contributed by atoms with Crippen molar-refractivity contribution >= 4 is 0 Å². The molecular weight excluding hydrogens is 254 g/mol. The van der Waals surface area contributed by atoms with E-state index in [1.165, 1.54) is 5.56 Å². The molecule has 1 fully saturated rings. The summed E-state index contributed by atoms with van der Waals surface area (Å²) < 4.78 is 10.7. The fourth-order valence-corrected chi connectivity index (χ4v) is 2.47. The molecule has 5 nitrogen and oxygen atoms in total. The molecule has 0 aliphatic carbocycles. The summed E-state index contributed by atoms with van der Waals surface area (Å²) in [5, 5.41) is 4.08. The molecule has 2 aromatic rings. The lowest BCUT2D eigenvalue weighted by molar-refractivity contribution is 0.0830. The maximum absolute atomic E-state index is 6.15. The van der Waals surface area contributed by atoms with E-state index >= 15 is 0 Å². The number of aromatic nitrogens is 2. The molecule has 2 N–H and O–H groups in total. The second-order valence-corrected chi connectivity index (χ2v) is 5.17. The van der Waals surface area contributed by atoms with Gasteiger partial charge in [0.15, 0.2) is 5.82 Å². The Morgan fingerprint density at radius 2 is 1.95 bits per heavy atom. The minimum atomic E-state index is -0.251. The van der Waals surface area contributed by atoms with Crippen LogP contribution in [0.2, 0.25) is 0 Å². The van der Waals surface area contributed by atoms with Crippen LogP contribution < -0.4 is 5.73 Å². The van der Waals surface area contributed by atoms with E-state index < -0.39 is 0 Å². The van der Waals surface area contributed by atoms with E-state index in [1.54, 1.807) is 0 Å². The molecule has 1 aromatic heterocycles. The van der Waals surface area contributed by atoms with E-state index in [9.17, 15) is 0 Å². The fourth-order valence-electron chi connectivity index (χ4n) is 2.47. The van der Waals surface area contributed by atoms with Crippen molar-refractivity contribution in [3.63, 3.8) is 0 Å². The van der Waals surface area contributed by atoms with E-state index in [4.69, 9.17) is 15.0 Å². The first-order valence-electron chi connectivity index (χ1n) is 7.03. The Morgan fingerprint density at radius 1 is 1.20 bits per heavy atom. The number of benzene rings is 1. The Labute approximate surface area is 118 Å². The summed E-state index contributed by atoms with van der Waals surface area (Å²) in [6.07, 6.45) is 2.61. The lowest BCUT2D eigenvalue weighted by Crippen LogP contribution is -2.16. The normalized spacial score (nSPS) is 18.1. The Hall–Kier alpha value is -1.72. The Balaban J connectivity index is 1.66. The maximum Gasteiger partial charge on any atom is 0.243 e. The fraction of sp³-hybridized carbons (Fsp3) is 0.467. The van der Waals surface area contributed by atoms with E-state index in [2.05, 4.69) is 22.3 Å². The molecule has 0 radical (unpaired) electrons. The molecule has 0 spiro atoms. The van der Waals surface area contributed by atoms with Gasteiger partial charge in [0.1, 0.15) is 0 Å². The van der Waals surface area contributed by atoms with E-state index in [0.717, 1.165) is 31.9 Å². The first-order valence-corrected chi connectivity index (χ1v) is 7.03. The predicted octanol–water partition coefficient (Wildman–Crippen LogP) is 2.21. The quantitative estimate of drug-likeness (QED) is 0.924. The van der Waals surface area contributed by atoms with Crippen LogP contribution in [0.25, 0.3) is 0 Å². The number of hydrogen-bond acceptors (Lipinski definition) is 5. The van der Waals surface area contributed by atoms with Crippen molar-refractivity contribution in [2.75, 3.05) is 13.2 Å². The van der Waals surface area contributed by atoms with Gasteiger partial charge in [0.05, 0.1) is 6.04 Å². The highest BCUT2D eigenvalue weighted by atomic mass is 16.5. The molecule has 1 aliphatic heterocycles. The first kappa shape index (κ1) is 13.3. The van der Waals surface area contributed by atoms with Crippen LogP contribution in [0, 0.1) is 0 Å². The van der Waals surface area contributed by atoms with Gasteiger partial charge >= 0.3 is 0 Å². The lowest BCUT2D eigenvalue weighted by atomic mass is 10.00. The van der Waals surface area contributed by atoms with Crippen molar-refractivity contribution < 1.29 is 9.26 Å². The Kier molecular flexibility index (Phi) is 4.08. The van der Waals surface area contributed by atoms with E-state index in [-0.39, 0.29) is 6.04 Å². The molecular formula is C15H19N3O2. The molecule has 1 saturated heterocycles. The Morgan fingerprint density at radius 3 is 2.70 bits per heavy atom. The van der Waals surface area contributed by atoms with Gasteiger partial charge in [-0.3, -0.25) is 0 Å². The Bertz CT molecular complexity index is 535. The van der Waals surface area contributed by atoms with Crippen molar-refractivity contribution in [1.82, 2.24) is 10.1 Å². The third-order valence-electron chi connectivity index (χ3n) is 3.66. The summed E-state index contributed by atoms with van der Waals surface area (Å²) in [7, 11) is 0. The van der Waals surface area contributed by atoms with Crippen molar-refractivity contribution in [2.24, 2.45) is 5.73 Å². The van der Waals surface area contributed by atoms with Gasteiger partial charge in [-0.2, -0.15) is 4.98 Å². The van der Waals surface area contributed by atoms with Crippen LogP contribution in [0.4, 0.5) is 0 Å². The second-order valence-electron chi connectivity index (χ2n) is 5.17. The zero-order valence-electron chi connectivity index (χ0n) is 11.4. The molecule has 1 aromatic carbocycles. The van der Waals surface area contributed by atoms with Crippen LogP contribution in [0.3, 0.4) is 0 Å². The number of hydrogen-bond donors (Lipinski definition) is 1. The SMILES string of the molecule is N[C@@H](Cc1ccccc1)c1nc(C2CCOCC2)no1. The summed E-state index contributed by atoms with van der Waals surface area (Å²) in [6.45, 7) is 1.54. The molecule has 5 heteroatoms. The van der Waals surface area contributed by atoms with Gasteiger partial charge < -0.3 is 15.0 Å². The molecule has 1 aliphatic rings. The summed E-state index contributed by atoms with van der Waals surface area (Å²) in [5.74, 6) is 1.63. The van der Waals surface area contributed by atoms with Crippen molar-refractivity contribution in [3.05, 3.63) is 47.6 Å².